The van der Waals surface area contributed by atoms with Crippen molar-refractivity contribution in [2.75, 3.05) is 0 Å². The Balaban J connectivity index is 1.28. The first kappa shape index (κ1) is 24.8. The minimum atomic E-state index is -0.197. The molecular weight excluding hydrogens is 661 g/mol. The second-order valence-electron chi connectivity index (χ2n) is 13.1. The molecule has 5 nitrogen and oxygen atoms in total. The number of benzene rings is 8. The zero-order chi connectivity index (χ0) is 40.8. The summed E-state index contributed by atoms with van der Waals surface area (Å²) < 4.78 is 62.2. The third-order valence-electron chi connectivity index (χ3n) is 10.0. The molecule has 5 heteroatoms. The van der Waals surface area contributed by atoms with Gasteiger partial charge in [-0.1, -0.05) is 152 Å². The SMILES string of the molecule is [2H]c1cc([2H])c2c(c1[2H])c1c([2H])c([2H])cc([2H])c1n2-c1cc(-c2cccc3c2oc2ccccc23)ccc1-c1nc(-c2ccccc2)nc(-c2cccc3ccccc23)n1. The lowest BCUT2D eigenvalue weighted by Crippen LogP contribution is -2.04. The van der Waals surface area contributed by atoms with E-state index < -0.39 is 0 Å². The predicted molar refractivity (Wildman–Crippen MR) is 221 cm³/mol. The number of nitrogens with zero attached hydrogens (tertiary/aromatic N) is 4. The van der Waals surface area contributed by atoms with Gasteiger partial charge in [0.15, 0.2) is 17.5 Å². The van der Waals surface area contributed by atoms with Crippen molar-refractivity contribution < 1.29 is 12.6 Å². The summed E-state index contributed by atoms with van der Waals surface area (Å²) in [5, 5.41) is 4.23. The number of rotatable bonds is 5. The van der Waals surface area contributed by atoms with Crippen molar-refractivity contribution in [1.82, 2.24) is 19.5 Å². The fourth-order valence-corrected chi connectivity index (χ4v) is 7.56. The molecule has 0 spiro atoms. The quantitative estimate of drug-likeness (QED) is 0.180. The molecule has 3 aromatic heterocycles. The second kappa shape index (κ2) is 12.1. The third kappa shape index (κ3) is 4.76. The zero-order valence-corrected chi connectivity index (χ0v) is 28.6. The van der Waals surface area contributed by atoms with Crippen molar-refractivity contribution in [1.29, 1.82) is 0 Å². The van der Waals surface area contributed by atoms with E-state index in [1.165, 1.54) is 12.1 Å². The number of para-hydroxylation sites is 4. The van der Waals surface area contributed by atoms with E-state index in [2.05, 4.69) is 0 Å². The molecule has 0 aliphatic rings. The minimum absolute atomic E-state index is 0.0691. The van der Waals surface area contributed by atoms with Crippen LogP contribution in [-0.4, -0.2) is 19.5 Å². The Kier molecular flexibility index (Phi) is 5.55. The highest BCUT2D eigenvalue weighted by molar-refractivity contribution is 6.11. The molecule has 0 N–H and O–H groups in total. The highest BCUT2D eigenvalue weighted by atomic mass is 16.3. The average molecular weight is 697 g/mol. The first-order valence-electron chi connectivity index (χ1n) is 20.6. The van der Waals surface area contributed by atoms with E-state index in [0.29, 0.717) is 34.3 Å². The monoisotopic (exact) mass is 696 g/mol. The van der Waals surface area contributed by atoms with Crippen LogP contribution < -0.4 is 0 Å². The number of hydrogen-bond donors (Lipinski definition) is 0. The molecule has 0 amide bonds. The fraction of sp³-hybridized carbons (Fsp3) is 0. The molecule has 0 unspecified atom stereocenters. The Morgan fingerprint density at radius 3 is 1.89 bits per heavy atom. The summed E-state index contributed by atoms with van der Waals surface area (Å²) in [7, 11) is 0. The average Bonchev–Trinajstić information content (AvgIpc) is 3.85. The van der Waals surface area contributed by atoms with Gasteiger partial charge in [-0.2, -0.15) is 0 Å². The molecule has 54 heavy (non-hydrogen) atoms. The highest BCUT2D eigenvalue weighted by Crippen LogP contribution is 2.41. The first-order chi connectivity index (χ1) is 29.2. The van der Waals surface area contributed by atoms with Crippen molar-refractivity contribution in [3.05, 3.63) is 182 Å². The standard InChI is InChI=1S/C49H30N4O/c1-2-15-32(16-3-1)47-50-48(40-24-12-17-31-14-4-5-18-34(31)40)52-49(51-47)41-29-28-33(35-22-13-23-39-38-21-8-11-27-45(38)54-46(35)39)30-44(41)53-42-25-9-6-19-36(42)37-20-7-10-26-43(37)53/h1-30H/i6D,7D,19D,20D,25D,26D. The molecule has 11 rings (SSSR count). The van der Waals surface area contributed by atoms with Crippen LogP contribution in [0.5, 0.6) is 0 Å². The molecule has 0 bridgehead atoms. The van der Waals surface area contributed by atoms with Crippen molar-refractivity contribution in [3.8, 4) is 51.0 Å². The van der Waals surface area contributed by atoms with Gasteiger partial charge in [0.25, 0.3) is 0 Å². The molecule has 0 radical (unpaired) electrons. The lowest BCUT2D eigenvalue weighted by atomic mass is 9.99. The zero-order valence-electron chi connectivity index (χ0n) is 34.6. The molecule has 0 saturated heterocycles. The maximum absolute atomic E-state index is 9.30. The summed E-state index contributed by atoms with van der Waals surface area (Å²) in [6, 6.07) is 45.1. The molecule has 252 valence electrons. The van der Waals surface area contributed by atoms with Gasteiger partial charge in [-0.05, 0) is 46.6 Å². The van der Waals surface area contributed by atoms with Gasteiger partial charge >= 0.3 is 0 Å². The molecule has 0 aliphatic heterocycles. The Labute approximate surface area is 318 Å². The number of hydrogen-bond acceptors (Lipinski definition) is 4. The van der Waals surface area contributed by atoms with Crippen LogP contribution in [0.3, 0.4) is 0 Å². The van der Waals surface area contributed by atoms with Gasteiger partial charge in [0.1, 0.15) is 11.2 Å². The van der Waals surface area contributed by atoms with E-state index >= 15 is 0 Å². The molecular formula is C49H30N4O. The van der Waals surface area contributed by atoms with E-state index in [0.717, 1.165) is 49.4 Å². The summed E-state index contributed by atoms with van der Waals surface area (Å²) in [5.41, 5.74) is 6.02. The van der Waals surface area contributed by atoms with Gasteiger partial charge in [0.05, 0.1) is 24.9 Å². The highest BCUT2D eigenvalue weighted by Gasteiger charge is 2.22. The maximum atomic E-state index is 9.30. The van der Waals surface area contributed by atoms with Crippen molar-refractivity contribution in [3.63, 3.8) is 0 Å². The fourth-order valence-electron chi connectivity index (χ4n) is 7.56. The Morgan fingerprint density at radius 2 is 1.07 bits per heavy atom. The Hall–Kier alpha value is -7.37. The molecule has 8 aromatic carbocycles. The summed E-state index contributed by atoms with van der Waals surface area (Å²) in [5.74, 6) is 1.20. The van der Waals surface area contributed by atoms with E-state index in [1.54, 1.807) is 4.57 Å². The van der Waals surface area contributed by atoms with Gasteiger partial charge in [0, 0.05) is 43.8 Å². The topological polar surface area (TPSA) is 56.7 Å². The first-order valence-corrected chi connectivity index (χ1v) is 17.6. The normalized spacial score (nSPS) is 13.3. The second-order valence-corrected chi connectivity index (χ2v) is 13.1. The summed E-state index contributed by atoms with van der Waals surface area (Å²) >= 11 is 0. The Bertz CT molecular complexity index is 3510. The summed E-state index contributed by atoms with van der Waals surface area (Å²) in [6.45, 7) is 0. The van der Waals surface area contributed by atoms with Crippen molar-refractivity contribution >= 4 is 54.5 Å². The van der Waals surface area contributed by atoms with E-state index in [4.69, 9.17) is 24.9 Å². The number of furan rings is 1. The minimum Gasteiger partial charge on any atom is -0.455 e. The molecule has 3 heterocycles. The predicted octanol–water partition coefficient (Wildman–Crippen LogP) is 12.7. The maximum Gasteiger partial charge on any atom is 0.166 e. The molecule has 11 aromatic rings. The van der Waals surface area contributed by atoms with Gasteiger partial charge in [0.2, 0.25) is 0 Å². The smallest absolute Gasteiger partial charge is 0.166 e. The molecule has 0 atom stereocenters. The molecule has 0 fully saturated rings. The lowest BCUT2D eigenvalue weighted by Gasteiger charge is -2.17. The molecule has 0 aliphatic carbocycles. The van der Waals surface area contributed by atoms with Crippen molar-refractivity contribution in [2.45, 2.75) is 0 Å². The van der Waals surface area contributed by atoms with Gasteiger partial charge < -0.3 is 8.98 Å². The summed E-state index contributed by atoms with van der Waals surface area (Å²) in [6.07, 6.45) is 0. The van der Waals surface area contributed by atoms with Gasteiger partial charge in [-0.15, -0.1) is 0 Å². The van der Waals surface area contributed by atoms with Crippen LogP contribution in [0.1, 0.15) is 8.22 Å². The molecule has 0 saturated carbocycles. The van der Waals surface area contributed by atoms with Crippen LogP contribution in [0.4, 0.5) is 0 Å². The lowest BCUT2D eigenvalue weighted by molar-refractivity contribution is 0.670. The Morgan fingerprint density at radius 1 is 0.444 bits per heavy atom. The van der Waals surface area contributed by atoms with Crippen LogP contribution >= 0.6 is 0 Å². The van der Waals surface area contributed by atoms with Crippen LogP contribution in [0.2, 0.25) is 0 Å². The van der Waals surface area contributed by atoms with E-state index in [1.807, 2.05) is 133 Å². The van der Waals surface area contributed by atoms with Crippen molar-refractivity contribution in [2.24, 2.45) is 0 Å². The van der Waals surface area contributed by atoms with E-state index in [-0.39, 0.29) is 58.1 Å². The largest absolute Gasteiger partial charge is 0.455 e. The van der Waals surface area contributed by atoms with Crippen LogP contribution in [0.15, 0.2) is 186 Å². The van der Waals surface area contributed by atoms with Gasteiger partial charge in [-0.25, -0.2) is 15.0 Å². The third-order valence-corrected chi connectivity index (χ3v) is 10.0. The summed E-state index contributed by atoms with van der Waals surface area (Å²) in [4.78, 5) is 15.3. The van der Waals surface area contributed by atoms with Gasteiger partial charge in [-0.3, -0.25) is 0 Å². The van der Waals surface area contributed by atoms with Crippen LogP contribution in [-0.2, 0) is 0 Å². The van der Waals surface area contributed by atoms with Crippen LogP contribution in [0, 0.1) is 0 Å². The van der Waals surface area contributed by atoms with Crippen LogP contribution in [0.25, 0.3) is 105 Å². The number of aromatic nitrogens is 4. The number of fused-ring (bicyclic) bond motifs is 7. The van der Waals surface area contributed by atoms with E-state index in [9.17, 15) is 2.74 Å².